The van der Waals surface area contributed by atoms with Crippen molar-refractivity contribution in [2.24, 2.45) is 11.8 Å². The Morgan fingerprint density at radius 1 is 1.16 bits per heavy atom. The molecule has 1 unspecified atom stereocenters. The van der Waals surface area contributed by atoms with Gasteiger partial charge in [0.2, 0.25) is 0 Å². The number of aliphatic carboxylic acids is 1. The second-order valence-corrected chi connectivity index (χ2v) is 6.24. The number of hydrogen-bond acceptors (Lipinski definition) is 2. The van der Waals surface area contributed by atoms with Crippen LogP contribution < -0.4 is 4.74 Å². The molecule has 3 heteroatoms. The summed E-state index contributed by atoms with van der Waals surface area (Å²) in [4.78, 5) is 11.6. The molecule has 1 N–H and O–H groups in total. The number of hydrogen-bond donors (Lipinski definition) is 1. The van der Waals surface area contributed by atoms with E-state index < -0.39 is 11.9 Å². The van der Waals surface area contributed by atoms with Crippen molar-refractivity contribution < 1.29 is 14.6 Å². The molecule has 100 valence electrons. The fourth-order valence-corrected chi connectivity index (χ4v) is 3.73. The van der Waals surface area contributed by atoms with Gasteiger partial charge in [0.1, 0.15) is 11.4 Å². The molecule has 0 spiro atoms. The Morgan fingerprint density at radius 2 is 1.79 bits per heavy atom. The summed E-state index contributed by atoms with van der Waals surface area (Å²) >= 11 is 0. The molecular formula is C16H18O3. The van der Waals surface area contributed by atoms with Gasteiger partial charge in [-0.05, 0) is 43.6 Å². The number of carboxylic acids is 1. The van der Waals surface area contributed by atoms with Gasteiger partial charge < -0.3 is 9.84 Å². The van der Waals surface area contributed by atoms with Crippen molar-refractivity contribution in [1.82, 2.24) is 0 Å². The first-order valence-corrected chi connectivity index (χ1v) is 7.21. The highest BCUT2D eigenvalue weighted by Crippen LogP contribution is 2.60. The Labute approximate surface area is 112 Å². The Balaban J connectivity index is 1.79. The van der Waals surface area contributed by atoms with E-state index in [-0.39, 0.29) is 5.60 Å². The lowest BCUT2D eigenvalue weighted by Crippen LogP contribution is -2.46. The first kappa shape index (κ1) is 11.3. The maximum Gasteiger partial charge on any atom is 0.311 e. The van der Waals surface area contributed by atoms with Crippen molar-refractivity contribution in [1.29, 1.82) is 0 Å². The van der Waals surface area contributed by atoms with Gasteiger partial charge in [0.05, 0.1) is 5.92 Å². The number of benzene rings is 1. The zero-order chi connectivity index (χ0) is 13.0. The molecule has 1 atom stereocenters. The predicted molar refractivity (Wildman–Crippen MR) is 70.2 cm³/mol. The summed E-state index contributed by atoms with van der Waals surface area (Å²) in [5.74, 6) is 0.859. The van der Waals surface area contributed by atoms with E-state index >= 15 is 0 Å². The molecule has 1 aliphatic heterocycles. The zero-order valence-corrected chi connectivity index (χ0v) is 10.8. The minimum atomic E-state index is -0.707. The van der Waals surface area contributed by atoms with Crippen LogP contribution in [0.25, 0.3) is 0 Å². The van der Waals surface area contributed by atoms with Crippen LogP contribution in [0, 0.1) is 11.8 Å². The van der Waals surface area contributed by atoms with Crippen molar-refractivity contribution in [2.45, 2.75) is 43.6 Å². The highest BCUT2D eigenvalue weighted by molar-refractivity contribution is 5.78. The van der Waals surface area contributed by atoms with Crippen LogP contribution in [0.5, 0.6) is 5.75 Å². The molecule has 0 amide bonds. The van der Waals surface area contributed by atoms with E-state index in [2.05, 4.69) is 0 Å². The predicted octanol–water partition coefficient (Wildman–Crippen LogP) is 3.20. The SMILES string of the molecule is O=C(O)C1CC(C2CC2)(C2CC2)Oc2ccccc21. The Hall–Kier alpha value is -1.51. The molecule has 3 aliphatic rings. The Bertz CT molecular complexity index is 517. The van der Waals surface area contributed by atoms with Gasteiger partial charge in [0.15, 0.2) is 0 Å². The lowest BCUT2D eigenvalue weighted by molar-refractivity contribution is -0.142. The molecule has 1 heterocycles. The third kappa shape index (κ3) is 1.67. The molecule has 2 aliphatic carbocycles. The second kappa shape index (κ2) is 3.75. The third-order valence-corrected chi connectivity index (χ3v) is 4.95. The minimum Gasteiger partial charge on any atom is -0.486 e. The zero-order valence-electron chi connectivity index (χ0n) is 10.8. The van der Waals surface area contributed by atoms with Gasteiger partial charge in [0.25, 0.3) is 0 Å². The van der Waals surface area contributed by atoms with E-state index in [1.165, 1.54) is 25.7 Å². The fraction of sp³-hybridized carbons (Fsp3) is 0.562. The molecule has 19 heavy (non-hydrogen) atoms. The van der Waals surface area contributed by atoms with Crippen LogP contribution >= 0.6 is 0 Å². The molecule has 0 aromatic heterocycles. The van der Waals surface area contributed by atoms with Crippen LogP contribution in [0.15, 0.2) is 24.3 Å². The van der Waals surface area contributed by atoms with E-state index in [0.29, 0.717) is 18.3 Å². The largest absolute Gasteiger partial charge is 0.486 e. The third-order valence-electron chi connectivity index (χ3n) is 4.95. The summed E-state index contributed by atoms with van der Waals surface area (Å²) in [5, 5.41) is 9.57. The molecular weight excluding hydrogens is 240 g/mol. The fourth-order valence-electron chi connectivity index (χ4n) is 3.73. The molecule has 0 saturated heterocycles. The molecule has 1 aromatic rings. The van der Waals surface area contributed by atoms with E-state index in [0.717, 1.165) is 11.3 Å². The molecule has 0 bridgehead atoms. The van der Waals surface area contributed by atoms with Crippen molar-refractivity contribution in [3.8, 4) is 5.75 Å². The van der Waals surface area contributed by atoms with Crippen LogP contribution in [-0.4, -0.2) is 16.7 Å². The molecule has 2 saturated carbocycles. The van der Waals surface area contributed by atoms with Gasteiger partial charge in [-0.25, -0.2) is 0 Å². The van der Waals surface area contributed by atoms with Gasteiger partial charge in [-0.3, -0.25) is 4.79 Å². The monoisotopic (exact) mass is 258 g/mol. The summed E-state index contributed by atoms with van der Waals surface area (Å²) in [7, 11) is 0. The average Bonchev–Trinajstić information content (AvgIpc) is 3.30. The van der Waals surface area contributed by atoms with E-state index in [4.69, 9.17) is 4.74 Å². The summed E-state index contributed by atoms with van der Waals surface area (Å²) in [6, 6.07) is 7.68. The van der Waals surface area contributed by atoms with E-state index in [1.807, 2.05) is 24.3 Å². The number of carbonyl (C=O) groups is 1. The van der Waals surface area contributed by atoms with Gasteiger partial charge in [-0.2, -0.15) is 0 Å². The van der Waals surface area contributed by atoms with E-state index in [9.17, 15) is 9.90 Å². The van der Waals surface area contributed by atoms with Crippen LogP contribution in [0.3, 0.4) is 0 Å². The van der Waals surface area contributed by atoms with E-state index in [1.54, 1.807) is 0 Å². The first-order valence-electron chi connectivity index (χ1n) is 7.21. The quantitative estimate of drug-likeness (QED) is 0.905. The molecule has 2 fully saturated rings. The summed E-state index contributed by atoms with van der Waals surface area (Å²) < 4.78 is 6.38. The number of fused-ring (bicyclic) bond motifs is 1. The van der Waals surface area contributed by atoms with Crippen LogP contribution in [0.1, 0.15) is 43.6 Å². The molecule has 3 nitrogen and oxygen atoms in total. The lowest BCUT2D eigenvalue weighted by atomic mass is 9.77. The van der Waals surface area contributed by atoms with Crippen molar-refractivity contribution in [3.05, 3.63) is 29.8 Å². The maximum atomic E-state index is 11.6. The highest BCUT2D eigenvalue weighted by Gasteiger charge is 2.59. The maximum absolute atomic E-state index is 11.6. The minimum absolute atomic E-state index is 0.183. The highest BCUT2D eigenvalue weighted by atomic mass is 16.5. The smallest absolute Gasteiger partial charge is 0.311 e. The second-order valence-electron chi connectivity index (χ2n) is 6.24. The molecule has 1 aromatic carbocycles. The topological polar surface area (TPSA) is 46.5 Å². The van der Waals surface area contributed by atoms with Gasteiger partial charge >= 0.3 is 5.97 Å². The summed E-state index contributed by atoms with van der Waals surface area (Å²) in [6.07, 6.45) is 5.46. The van der Waals surface area contributed by atoms with Gasteiger partial charge in [-0.1, -0.05) is 18.2 Å². The lowest BCUT2D eigenvalue weighted by Gasteiger charge is -2.42. The number of carboxylic acid groups (broad SMARTS) is 1. The normalized spacial score (nSPS) is 28.3. The van der Waals surface area contributed by atoms with Gasteiger partial charge in [0, 0.05) is 12.0 Å². The van der Waals surface area contributed by atoms with Crippen LogP contribution in [0.2, 0.25) is 0 Å². The molecule has 4 rings (SSSR count). The van der Waals surface area contributed by atoms with Crippen molar-refractivity contribution in [3.63, 3.8) is 0 Å². The summed E-state index contributed by atoms with van der Waals surface area (Å²) in [6.45, 7) is 0. The summed E-state index contributed by atoms with van der Waals surface area (Å²) in [5.41, 5.74) is 0.671. The average molecular weight is 258 g/mol. The first-order chi connectivity index (χ1) is 9.21. The number of ether oxygens (including phenoxy) is 1. The standard InChI is InChI=1S/C16H18O3/c17-15(18)13-9-16(10-5-6-10,11-7-8-11)19-14-4-2-1-3-12(13)14/h1-4,10-11,13H,5-9H2,(H,17,18). The van der Waals surface area contributed by atoms with Crippen molar-refractivity contribution >= 4 is 5.97 Å². The van der Waals surface area contributed by atoms with Crippen molar-refractivity contribution in [2.75, 3.05) is 0 Å². The Morgan fingerprint density at radius 3 is 2.37 bits per heavy atom. The van der Waals surface area contributed by atoms with Crippen LogP contribution in [0.4, 0.5) is 0 Å². The number of rotatable bonds is 3. The van der Waals surface area contributed by atoms with Crippen LogP contribution in [-0.2, 0) is 4.79 Å². The molecule has 0 radical (unpaired) electrons. The number of para-hydroxylation sites is 1. The Kier molecular flexibility index (Phi) is 2.23. The van der Waals surface area contributed by atoms with Gasteiger partial charge in [-0.15, -0.1) is 0 Å².